The number of sulfonamides is 1. The zero-order chi connectivity index (χ0) is 15.6. The van der Waals surface area contributed by atoms with E-state index in [-0.39, 0.29) is 17.1 Å². The van der Waals surface area contributed by atoms with Gasteiger partial charge in [0.05, 0.1) is 22.0 Å². The number of nitriles is 1. The van der Waals surface area contributed by atoms with Gasteiger partial charge in [0.25, 0.3) is 5.69 Å². The lowest BCUT2D eigenvalue weighted by Crippen LogP contribution is -2.50. The van der Waals surface area contributed by atoms with Crippen molar-refractivity contribution in [3.05, 3.63) is 34.4 Å². The summed E-state index contributed by atoms with van der Waals surface area (Å²) in [5.41, 5.74) is -0.218. The maximum atomic E-state index is 12.5. The minimum Gasteiger partial charge on any atom is -0.390 e. The number of aliphatic hydroxyl groups is 1. The van der Waals surface area contributed by atoms with Crippen LogP contribution >= 0.6 is 0 Å². The summed E-state index contributed by atoms with van der Waals surface area (Å²) in [6.07, 6.45) is -0.215. The van der Waals surface area contributed by atoms with Crippen molar-refractivity contribution in [1.29, 1.82) is 5.26 Å². The summed E-state index contributed by atoms with van der Waals surface area (Å²) >= 11 is 0. The van der Waals surface area contributed by atoms with Gasteiger partial charge in [-0.25, -0.2) is 8.42 Å². The molecule has 21 heavy (non-hydrogen) atoms. The highest BCUT2D eigenvalue weighted by atomic mass is 32.2. The summed E-state index contributed by atoms with van der Waals surface area (Å²) in [4.78, 5) is 9.81. The number of rotatable bonds is 3. The first-order chi connectivity index (χ1) is 9.87. The van der Waals surface area contributed by atoms with E-state index in [1.54, 1.807) is 6.07 Å². The van der Waals surface area contributed by atoms with E-state index in [0.717, 1.165) is 28.6 Å². The number of nitro benzene ring substituents is 1. The molecule has 9 heteroatoms. The van der Waals surface area contributed by atoms with Crippen LogP contribution in [0.15, 0.2) is 29.2 Å². The Balaban J connectivity index is 2.37. The van der Waals surface area contributed by atoms with E-state index in [9.17, 15) is 23.6 Å². The van der Waals surface area contributed by atoms with Gasteiger partial charge in [-0.2, -0.15) is 9.57 Å². The first-order valence-corrected chi connectivity index (χ1v) is 7.66. The van der Waals surface area contributed by atoms with Crippen LogP contribution in [0.4, 0.5) is 5.69 Å². The minimum absolute atomic E-state index is 0.134. The maximum absolute atomic E-state index is 12.5. The highest BCUT2D eigenvalue weighted by Crippen LogP contribution is 2.26. The molecular formula is C12H13N3O5S. The van der Waals surface area contributed by atoms with E-state index in [4.69, 9.17) is 5.26 Å². The lowest BCUT2D eigenvalue weighted by molar-refractivity contribution is -0.384. The Bertz CT molecular complexity index is 680. The Hall–Kier alpha value is -2.02. The zero-order valence-electron chi connectivity index (χ0n) is 10.9. The van der Waals surface area contributed by atoms with Crippen LogP contribution in [0.5, 0.6) is 0 Å². The summed E-state index contributed by atoms with van der Waals surface area (Å²) in [6.45, 7) is 0.134. The summed E-state index contributed by atoms with van der Waals surface area (Å²) in [5.74, 6) is 0. The molecule has 0 spiro atoms. The van der Waals surface area contributed by atoms with E-state index in [0.29, 0.717) is 12.8 Å². The number of nitro groups is 1. The van der Waals surface area contributed by atoms with E-state index >= 15 is 0 Å². The first kappa shape index (κ1) is 15.4. The normalized spacial score (nSPS) is 23.4. The van der Waals surface area contributed by atoms with Gasteiger partial charge in [0, 0.05) is 18.7 Å². The Morgan fingerprint density at radius 1 is 1.38 bits per heavy atom. The molecule has 0 aliphatic carbocycles. The largest absolute Gasteiger partial charge is 0.390 e. The zero-order valence-corrected chi connectivity index (χ0v) is 11.7. The maximum Gasteiger partial charge on any atom is 0.269 e. The number of piperidine rings is 1. The molecule has 2 rings (SSSR count). The van der Waals surface area contributed by atoms with Crippen molar-refractivity contribution in [1.82, 2.24) is 4.31 Å². The molecule has 1 N–H and O–H groups in total. The van der Waals surface area contributed by atoms with Crippen LogP contribution in [0, 0.1) is 21.4 Å². The lowest BCUT2D eigenvalue weighted by Gasteiger charge is -2.33. The number of hydrogen-bond acceptors (Lipinski definition) is 6. The highest BCUT2D eigenvalue weighted by molar-refractivity contribution is 7.89. The van der Waals surface area contributed by atoms with Gasteiger partial charge in [0.1, 0.15) is 6.04 Å². The summed E-state index contributed by atoms with van der Waals surface area (Å²) in [5, 5.41) is 29.4. The molecule has 1 heterocycles. The first-order valence-electron chi connectivity index (χ1n) is 6.22. The van der Waals surface area contributed by atoms with Crippen molar-refractivity contribution in [3.8, 4) is 6.07 Å². The molecule has 0 bridgehead atoms. The number of hydrogen-bond donors (Lipinski definition) is 1. The Kier molecular flexibility index (Phi) is 4.22. The molecule has 1 aromatic carbocycles. The topological polar surface area (TPSA) is 125 Å². The van der Waals surface area contributed by atoms with Crippen molar-refractivity contribution >= 4 is 15.7 Å². The van der Waals surface area contributed by atoms with Crippen molar-refractivity contribution < 1.29 is 18.4 Å². The van der Waals surface area contributed by atoms with Crippen LogP contribution in [0.1, 0.15) is 12.8 Å². The molecule has 0 aromatic heterocycles. The molecule has 1 aliphatic heterocycles. The highest BCUT2D eigenvalue weighted by Gasteiger charge is 2.38. The Labute approximate surface area is 121 Å². The second-order valence-corrected chi connectivity index (χ2v) is 6.54. The molecule has 1 aromatic rings. The molecule has 0 radical (unpaired) electrons. The SMILES string of the molecule is N#C[C@@H]1[C@H](O)CCCN1S(=O)(=O)c1ccc([N+](=O)[O-])cc1. The molecule has 0 amide bonds. The summed E-state index contributed by atoms with van der Waals surface area (Å²) in [6, 6.07) is 5.10. The van der Waals surface area contributed by atoms with Gasteiger partial charge in [0.15, 0.2) is 0 Å². The fourth-order valence-electron chi connectivity index (χ4n) is 2.24. The van der Waals surface area contributed by atoms with Crippen LogP contribution in [-0.2, 0) is 10.0 Å². The van der Waals surface area contributed by atoms with Crippen molar-refractivity contribution in [2.45, 2.75) is 29.9 Å². The number of non-ortho nitro benzene ring substituents is 1. The standard InChI is InChI=1S/C12H13N3O5S/c13-8-11-12(16)2-1-7-14(11)21(19,20)10-5-3-9(4-6-10)15(17)18/h3-6,11-12,16H,1-2,7H2/t11-,12-/m1/s1. The third-order valence-corrected chi connectivity index (χ3v) is 5.23. The van der Waals surface area contributed by atoms with Gasteiger partial charge in [0.2, 0.25) is 10.0 Å². The fourth-order valence-corrected chi connectivity index (χ4v) is 3.85. The second kappa shape index (κ2) is 5.77. The van der Waals surface area contributed by atoms with E-state index in [1.807, 2.05) is 0 Å². The predicted molar refractivity (Wildman–Crippen MR) is 71.6 cm³/mol. The van der Waals surface area contributed by atoms with Crippen molar-refractivity contribution in [2.24, 2.45) is 0 Å². The van der Waals surface area contributed by atoms with Crippen LogP contribution in [0.2, 0.25) is 0 Å². The van der Waals surface area contributed by atoms with E-state index in [1.165, 1.54) is 0 Å². The average molecular weight is 311 g/mol. The monoisotopic (exact) mass is 311 g/mol. The van der Waals surface area contributed by atoms with Crippen molar-refractivity contribution in [3.63, 3.8) is 0 Å². The lowest BCUT2D eigenvalue weighted by atomic mass is 10.0. The van der Waals surface area contributed by atoms with Gasteiger partial charge in [-0.15, -0.1) is 0 Å². The molecule has 1 aliphatic rings. The minimum atomic E-state index is -3.97. The smallest absolute Gasteiger partial charge is 0.269 e. The summed E-state index contributed by atoms with van der Waals surface area (Å²) in [7, 11) is -3.97. The molecule has 0 saturated carbocycles. The molecule has 112 valence electrons. The van der Waals surface area contributed by atoms with E-state index in [2.05, 4.69) is 0 Å². The Morgan fingerprint density at radius 3 is 2.52 bits per heavy atom. The van der Waals surface area contributed by atoms with Gasteiger partial charge in [-0.3, -0.25) is 10.1 Å². The van der Waals surface area contributed by atoms with Crippen LogP contribution in [0.25, 0.3) is 0 Å². The predicted octanol–water partition coefficient (Wildman–Crippen LogP) is 0.632. The van der Waals surface area contributed by atoms with E-state index < -0.39 is 27.1 Å². The molecule has 1 saturated heterocycles. The van der Waals surface area contributed by atoms with Gasteiger partial charge >= 0.3 is 0 Å². The molecule has 1 fully saturated rings. The molecule has 0 unspecified atom stereocenters. The van der Waals surface area contributed by atoms with Crippen LogP contribution in [-0.4, -0.2) is 41.4 Å². The number of benzene rings is 1. The molecule has 8 nitrogen and oxygen atoms in total. The number of nitrogens with zero attached hydrogens (tertiary/aromatic N) is 3. The fraction of sp³-hybridized carbons (Fsp3) is 0.417. The number of aliphatic hydroxyl groups excluding tert-OH is 1. The molecular weight excluding hydrogens is 298 g/mol. The van der Waals surface area contributed by atoms with Crippen molar-refractivity contribution in [2.75, 3.05) is 6.54 Å². The molecule has 2 atom stereocenters. The third-order valence-electron chi connectivity index (χ3n) is 3.34. The van der Waals surface area contributed by atoms with Gasteiger partial charge < -0.3 is 5.11 Å². The third kappa shape index (κ3) is 2.87. The van der Waals surface area contributed by atoms with Crippen LogP contribution < -0.4 is 0 Å². The quantitative estimate of drug-likeness (QED) is 0.645. The van der Waals surface area contributed by atoms with Crippen LogP contribution in [0.3, 0.4) is 0 Å². The second-order valence-electron chi connectivity index (χ2n) is 4.65. The average Bonchev–Trinajstić information content (AvgIpc) is 2.47. The van der Waals surface area contributed by atoms with Gasteiger partial charge in [-0.1, -0.05) is 0 Å². The van der Waals surface area contributed by atoms with Gasteiger partial charge in [-0.05, 0) is 25.0 Å². The Morgan fingerprint density at radius 2 is 2.00 bits per heavy atom. The summed E-state index contributed by atoms with van der Waals surface area (Å²) < 4.78 is 25.9.